The minimum Gasteiger partial charge on any atom is -0.394 e. The van der Waals surface area contributed by atoms with E-state index in [0.717, 1.165) is 4.90 Å². The first-order valence-corrected chi connectivity index (χ1v) is 13.0. The molecule has 4 atom stereocenters. The van der Waals surface area contributed by atoms with Crippen molar-refractivity contribution in [1.29, 1.82) is 0 Å². The highest BCUT2D eigenvalue weighted by Gasteiger charge is 2.51. The molecule has 0 aromatic rings. The smallest absolute Gasteiger partial charge is 0.394 e. The zero-order chi connectivity index (χ0) is 28.8. The quantitative estimate of drug-likeness (QED) is 0.133. The number of carbonyl (C=O) groups excluding carboxylic acids is 2. The minimum absolute atomic E-state index is 0.202. The molecule has 0 aliphatic carbocycles. The topological polar surface area (TPSA) is 404 Å². The lowest BCUT2D eigenvalue weighted by atomic mass is 10.1. The van der Waals surface area contributed by atoms with E-state index in [9.17, 15) is 19.8 Å². The van der Waals surface area contributed by atoms with Gasteiger partial charge in [0.1, 0.15) is 18.3 Å². The van der Waals surface area contributed by atoms with Gasteiger partial charge in [-0.2, -0.15) is 15.0 Å². The molecule has 1 saturated heterocycles. The molecule has 0 aromatic heterocycles. The molecule has 0 radical (unpaired) electrons. The molecule has 36 heavy (non-hydrogen) atoms. The fourth-order valence-corrected chi connectivity index (χ4v) is 2.27. The molecule has 3 rings (SSSR count). The summed E-state index contributed by atoms with van der Waals surface area (Å²) in [4.78, 5) is 99.6. The van der Waals surface area contributed by atoms with Crippen molar-refractivity contribution in [2.75, 3.05) is 6.61 Å². The van der Waals surface area contributed by atoms with E-state index < -0.39 is 66.6 Å². The van der Waals surface area contributed by atoms with Gasteiger partial charge in [-0.25, -0.2) is 23.4 Å². The highest BCUT2D eigenvalue weighted by Crippen LogP contribution is 2.28. The Hall–Kier alpha value is -1.88. The van der Waals surface area contributed by atoms with Gasteiger partial charge in [0, 0.05) is 0 Å². The number of phosphoric acid groups is 3. The summed E-state index contributed by atoms with van der Waals surface area (Å²) in [5.74, 6) is -1.40. The molecule has 3 aliphatic heterocycles. The number of aliphatic hydroxyl groups excluding tert-OH is 3. The summed E-state index contributed by atoms with van der Waals surface area (Å²) in [6.45, 7) is -0.556. The van der Waals surface area contributed by atoms with E-state index in [-0.39, 0.29) is 17.5 Å². The van der Waals surface area contributed by atoms with Gasteiger partial charge in [-0.15, -0.1) is 0 Å². The maximum absolute atomic E-state index is 11.9. The maximum atomic E-state index is 11.9. The second-order valence-electron chi connectivity index (χ2n) is 6.09. The number of aliphatic imine (C=N–C) groups is 3. The summed E-state index contributed by atoms with van der Waals surface area (Å²) in [6, 6.07) is -0.906. The van der Waals surface area contributed by atoms with Gasteiger partial charge in [-0.3, -0.25) is 4.79 Å². The normalized spacial score (nSPS) is 25.7. The van der Waals surface area contributed by atoms with Gasteiger partial charge < -0.3 is 69.8 Å². The fraction of sp³-hybridized carbons (Fsp3) is 0.500. The van der Waals surface area contributed by atoms with Crippen molar-refractivity contribution >= 4 is 52.9 Å². The molecule has 0 bridgehead atoms. The Morgan fingerprint density at radius 1 is 0.806 bits per heavy atom. The number of fused-ring (bicyclic) bond motifs is 1. The Morgan fingerprint density at radius 3 is 1.58 bits per heavy atom. The zero-order valence-corrected chi connectivity index (χ0v) is 19.7. The summed E-state index contributed by atoms with van der Waals surface area (Å²) in [5, 5.41) is 28.7. The second-order valence-corrected chi connectivity index (χ2v) is 9.17. The van der Waals surface area contributed by atoms with Gasteiger partial charge >= 0.3 is 35.4 Å². The molecule has 0 aromatic carbocycles. The molecule has 0 saturated carbocycles. The lowest BCUT2D eigenvalue weighted by Gasteiger charge is -2.26. The van der Waals surface area contributed by atoms with Gasteiger partial charge in [-0.05, 0) is 0 Å². The van der Waals surface area contributed by atoms with Crippen LogP contribution in [-0.4, -0.2) is 125 Å². The number of aliphatic hydroxyl groups is 3. The molecule has 3 heterocycles. The summed E-state index contributed by atoms with van der Waals surface area (Å²) in [7, 11) is -13.9. The molecular formula is C10H20N5O18P3. The van der Waals surface area contributed by atoms with E-state index >= 15 is 0 Å². The SMILES string of the molecule is NC1=NC(=O)C2=NC(=O)N([C@@H]3O[C@H](CO)[C@@H](O)[C@H]3O)C2=N1.O=P(O)(O)O.O=P(O)(O)O.O=P(O)(O)O. The average Bonchev–Trinajstić information content (AvgIpc) is 3.07. The molecule has 3 amide bonds. The maximum Gasteiger partial charge on any atom is 0.466 e. The van der Waals surface area contributed by atoms with Crippen LogP contribution in [0.4, 0.5) is 4.79 Å². The van der Waals surface area contributed by atoms with Gasteiger partial charge in [0.2, 0.25) is 5.96 Å². The molecule has 26 heteroatoms. The van der Waals surface area contributed by atoms with Crippen molar-refractivity contribution in [3.63, 3.8) is 0 Å². The number of amides is 3. The molecule has 1 fully saturated rings. The number of nitrogens with two attached hydrogens (primary N) is 1. The largest absolute Gasteiger partial charge is 0.466 e. The van der Waals surface area contributed by atoms with Crippen molar-refractivity contribution in [1.82, 2.24) is 4.90 Å². The van der Waals surface area contributed by atoms with Gasteiger partial charge in [0.05, 0.1) is 6.61 Å². The predicted molar refractivity (Wildman–Crippen MR) is 109 cm³/mol. The predicted octanol–water partition coefficient (Wildman–Crippen LogP) is -6.23. The van der Waals surface area contributed by atoms with Crippen LogP contribution in [0.25, 0.3) is 0 Å². The van der Waals surface area contributed by atoms with Crippen LogP contribution in [0.15, 0.2) is 15.0 Å². The summed E-state index contributed by atoms with van der Waals surface area (Å²) < 4.78 is 31.9. The number of rotatable bonds is 2. The highest BCUT2D eigenvalue weighted by atomic mass is 31.2. The molecule has 23 nitrogen and oxygen atoms in total. The van der Waals surface area contributed by atoms with E-state index in [1.54, 1.807) is 0 Å². The van der Waals surface area contributed by atoms with E-state index in [0.29, 0.717) is 0 Å². The fourth-order valence-electron chi connectivity index (χ4n) is 2.27. The third kappa shape index (κ3) is 13.4. The van der Waals surface area contributed by atoms with Gasteiger partial charge in [-0.1, -0.05) is 0 Å². The summed E-state index contributed by atoms with van der Waals surface area (Å²) in [5.41, 5.74) is 5.05. The van der Waals surface area contributed by atoms with Crippen LogP contribution in [0.1, 0.15) is 0 Å². The standard InChI is InChI=1S/C10H11N5O6.3H3O4P/c11-9-13-6-3(7(19)14-9)12-10(20)15(6)8-5(18)4(17)2(1-16)21-8;3*1-5(2,3)4/h2,4-5,8,16-18H,1H2,(H2,11,14,19);3*(H3,1,2,3,4)/t2-,4-,5-,8-;;;/m1.../s1. The first kappa shape index (κ1) is 34.1. The van der Waals surface area contributed by atoms with Gasteiger partial charge in [0.15, 0.2) is 17.8 Å². The van der Waals surface area contributed by atoms with E-state index in [4.69, 9.17) is 73.3 Å². The molecule has 0 unspecified atom stereocenters. The van der Waals surface area contributed by atoms with E-state index in [2.05, 4.69) is 15.0 Å². The average molecular weight is 591 g/mol. The first-order chi connectivity index (χ1) is 15.9. The zero-order valence-electron chi connectivity index (χ0n) is 17.0. The van der Waals surface area contributed by atoms with Crippen LogP contribution in [0.2, 0.25) is 0 Å². The van der Waals surface area contributed by atoms with Crippen molar-refractivity contribution in [3.05, 3.63) is 0 Å². The van der Waals surface area contributed by atoms with Crippen LogP contribution in [0.5, 0.6) is 0 Å². The van der Waals surface area contributed by atoms with E-state index in [1.165, 1.54) is 0 Å². The number of hydrogen-bond acceptors (Lipinski definition) is 11. The van der Waals surface area contributed by atoms with Crippen molar-refractivity contribution in [2.24, 2.45) is 20.7 Å². The lowest BCUT2D eigenvalue weighted by Crippen LogP contribution is -2.50. The van der Waals surface area contributed by atoms with Crippen LogP contribution < -0.4 is 5.73 Å². The Kier molecular flexibility index (Phi) is 12.4. The number of hydrogen-bond donors (Lipinski definition) is 13. The third-order valence-corrected chi connectivity index (χ3v) is 3.26. The van der Waals surface area contributed by atoms with Crippen molar-refractivity contribution in [2.45, 2.75) is 24.5 Å². The molecule has 208 valence electrons. The van der Waals surface area contributed by atoms with Crippen LogP contribution >= 0.6 is 23.5 Å². The molecule has 14 N–H and O–H groups in total. The third-order valence-electron chi connectivity index (χ3n) is 3.26. The Bertz CT molecular complexity index is 985. The summed E-state index contributed by atoms with van der Waals surface area (Å²) in [6.07, 6.45) is -5.32. The Balaban J connectivity index is 0.000000672. The first-order valence-electron chi connectivity index (χ1n) is 8.30. The molecule has 0 spiro atoms. The van der Waals surface area contributed by atoms with Crippen molar-refractivity contribution in [3.8, 4) is 0 Å². The lowest BCUT2D eigenvalue weighted by molar-refractivity contribution is -0.111. The van der Waals surface area contributed by atoms with Crippen molar-refractivity contribution < 1.29 is 87.4 Å². The summed E-state index contributed by atoms with van der Waals surface area (Å²) >= 11 is 0. The highest BCUT2D eigenvalue weighted by molar-refractivity contribution is 7.45. The molecular weight excluding hydrogens is 571 g/mol. The number of ether oxygens (including phenoxy) is 1. The Labute approximate surface area is 197 Å². The van der Waals surface area contributed by atoms with Crippen LogP contribution in [-0.2, 0) is 23.2 Å². The number of carbonyl (C=O) groups is 2. The monoisotopic (exact) mass is 591 g/mol. The molecule has 3 aliphatic rings. The number of guanidine groups is 1. The second kappa shape index (κ2) is 13.1. The number of nitrogens with zero attached hydrogens (tertiary/aromatic N) is 4. The number of urea groups is 1. The minimum atomic E-state index is -4.64. The number of amidine groups is 1. The van der Waals surface area contributed by atoms with Crippen LogP contribution in [0, 0.1) is 0 Å². The Morgan fingerprint density at radius 2 is 1.22 bits per heavy atom. The van der Waals surface area contributed by atoms with Gasteiger partial charge in [0.25, 0.3) is 0 Å². The van der Waals surface area contributed by atoms with E-state index in [1.807, 2.05) is 0 Å². The van der Waals surface area contributed by atoms with Crippen LogP contribution in [0.3, 0.4) is 0 Å².